The molecule has 0 aromatic heterocycles. The molecule has 1 aliphatic heterocycles. The van der Waals surface area contributed by atoms with Gasteiger partial charge in [0, 0.05) is 19.8 Å². The van der Waals surface area contributed by atoms with Crippen LogP contribution >= 0.6 is 0 Å². The van der Waals surface area contributed by atoms with Crippen LogP contribution in [0.25, 0.3) is 0 Å². The third-order valence-corrected chi connectivity index (χ3v) is 3.73. The van der Waals surface area contributed by atoms with Crippen LogP contribution in [0.2, 0.25) is 0 Å². The van der Waals surface area contributed by atoms with E-state index in [1.165, 1.54) is 25.7 Å². The van der Waals surface area contributed by atoms with E-state index in [1.807, 2.05) is 0 Å². The van der Waals surface area contributed by atoms with E-state index < -0.39 is 0 Å². The molecule has 0 N–H and O–H groups in total. The first kappa shape index (κ1) is 13.3. The van der Waals surface area contributed by atoms with Crippen LogP contribution in [-0.2, 0) is 14.2 Å². The summed E-state index contributed by atoms with van der Waals surface area (Å²) < 4.78 is 16.4. The van der Waals surface area contributed by atoms with Crippen LogP contribution in [0.15, 0.2) is 0 Å². The second-order valence-electron chi connectivity index (χ2n) is 5.45. The molecule has 0 spiro atoms. The van der Waals surface area contributed by atoms with Crippen LogP contribution < -0.4 is 0 Å². The summed E-state index contributed by atoms with van der Waals surface area (Å²) in [6.45, 7) is 6.70. The maximum Gasteiger partial charge on any atom is 0.104 e. The Balaban J connectivity index is 1.48. The Bertz CT molecular complexity index is 196. The maximum absolute atomic E-state index is 5.67. The smallest absolute Gasteiger partial charge is 0.104 e. The average Bonchev–Trinajstić information content (AvgIpc) is 3.16. The van der Waals surface area contributed by atoms with Gasteiger partial charge in [-0.25, -0.2) is 0 Å². The summed E-state index contributed by atoms with van der Waals surface area (Å²) in [5.74, 6) is 1.57. The van der Waals surface area contributed by atoms with Gasteiger partial charge in [-0.15, -0.1) is 0 Å². The van der Waals surface area contributed by atoms with Gasteiger partial charge in [0.1, 0.15) is 6.10 Å². The lowest BCUT2D eigenvalue weighted by Crippen LogP contribution is -2.22. The van der Waals surface area contributed by atoms with E-state index in [4.69, 9.17) is 14.2 Å². The SMILES string of the molecule is CCCOC[C@H]1CC[C@@H](COC[C@@H]2CO2)CC1. The van der Waals surface area contributed by atoms with E-state index in [-0.39, 0.29) is 0 Å². The van der Waals surface area contributed by atoms with Crippen molar-refractivity contribution in [2.75, 3.05) is 33.0 Å². The molecule has 1 heterocycles. The number of hydrogen-bond acceptors (Lipinski definition) is 3. The lowest BCUT2D eigenvalue weighted by atomic mass is 9.83. The molecule has 1 atom stereocenters. The van der Waals surface area contributed by atoms with Crippen LogP contribution in [0.4, 0.5) is 0 Å². The molecule has 3 heteroatoms. The van der Waals surface area contributed by atoms with Crippen LogP contribution in [0.5, 0.6) is 0 Å². The van der Waals surface area contributed by atoms with Crippen LogP contribution in [0.1, 0.15) is 39.0 Å². The molecular weight excluding hydrogens is 216 g/mol. The van der Waals surface area contributed by atoms with Crippen LogP contribution in [0, 0.1) is 11.8 Å². The minimum absolute atomic E-state index is 0.411. The third-order valence-electron chi connectivity index (χ3n) is 3.73. The highest BCUT2D eigenvalue weighted by molar-refractivity contribution is 4.73. The molecule has 1 aliphatic carbocycles. The number of ether oxygens (including phenoxy) is 3. The summed E-state index contributed by atoms with van der Waals surface area (Å²) in [5.41, 5.74) is 0. The minimum Gasteiger partial charge on any atom is -0.381 e. The zero-order chi connectivity index (χ0) is 11.9. The fraction of sp³-hybridized carbons (Fsp3) is 1.00. The van der Waals surface area contributed by atoms with Crippen molar-refractivity contribution in [2.24, 2.45) is 11.8 Å². The highest BCUT2D eigenvalue weighted by Crippen LogP contribution is 2.29. The predicted octanol–water partition coefficient (Wildman–Crippen LogP) is 2.63. The van der Waals surface area contributed by atoms with Gasteiger partial charge >= 0.3 is 0 Å². The molecule has 2 aliphatic rings. The molecule has 100 valence electrons. The van der Waals surface area contributed by atoms with Gasteiger partial charge in [-0.05, 0) is 43.9 Å². The Kier molecular flexibility index (Phi) is 5.75. The van der Waals surface area contributed by atoms with E-state index in [1.54, 1.807) is 0 Å². The van der Waals surface area contributed by atoms with Gasteiger partial charge < -0.3 is 14.2 Å². The minimum atomic E-state index is 0.411. The molecule has 2 rings (SSSR count). The monoisotopic (exact) mass is 242 g/mol. The van der Waals surface area contributed by atoms with Crippen molar-refractivity contribution < 1.29 is 14.2 Å². The summed E-state index contributed by atoms with van der Waals surface area (Å²) >= 11 is 0. The first-order chi connectivity index (χ1) is 8.38. The molecule has 3 nitrogen and oxygen atoms in total. The summed E-state index contributed by atoms with van der Waals surface area (Å²) in [4.78, 5) is 0. The maximum atomic E-state index is 5.67. The molecule has 0 unspecified atom stereocenters. The summed E-state index contributed by atoms with van der Waals surface area (Å²) in [6.07, 6.45) is 6.80. The predicted molar refractivity (Wildman–Crippen MR) is 67.1 cm³/mol. The van der Waals surface area contributed by atoms with Crippen molar-refractivity contribution in [2.45, 2.75) is 45.1 Å². The van der Waals surface area contributed by atoms with Crippen molar-refractivity contribution in [1.29, 1.82) is 0 Å². The normalized spacial score (nSPS) is 32.6. The van der Waals surface area contributed by atoms with Crippen molar-refractivity contribution in [1.82, 2.24) is 0 Å². The summed E-state index contributed by atoms with van der Waals surface area (Å²) in [5, 5.41) is 0. The molecular formula is C14H26O3. The summed E-state index contributed by atoms with van der Waals surface area (Å²) in [6, 6.07) is 0. The lowest BCUT2D eigenvalue weighted by molar-refractivity contribution is 0.0454. The fourth-order valence-electron chi connectivity index (χ4n) is 2.49. The van der Waals surface area contributed by atoms with Crippen molar-refractivity contribution >= 4 is 0 Å². The van der Waals surface area contributed by atoms with Gasteiger partial charge in [0.25, 0.3) is 0 Å². The van der Waals surface area contributed by atoms with Crippen molar-refractivity contribution in [3.8, 4) is 0 Å². The first-order valence-electron chi connectivity index (χ1n) is 7.15. The molecule has 1 saturated heterocycles. The molecule has 0 radical (unpaired) electrons. The zero-order valence-electron chi connectivity index (χ0n) is 11.0. The number of rotatable bonds is 8. The van der Waals surface area contributed by atoms with E-state index in [2.05, 4.69) is 6.92 Å². The molecule has 0 amide bonds. The second-order valence-corrected chi connectivity index (χ2v) is 5.45. The second kappa shape index (κ2) is 7.34. The molecule has 0 aromatic carbocycles. The Hall–Kier alpha value is -0.120. The van der Waals surface area contributed by atoms with Gasteiger partial charge in [0.2, 0.25) is 0 Å². The molecule has 0 aromatic rings. The summed E-state index contributed by atoms with van der Waals surface area (Å²) in [7, 11) is 0. The fourth-order valence-corrected chi connectivity index (χ4v) is 2.49. The van der Waals surface area contributed by atoms with Crippen molar-refractivity contribution in [3.05, 3.63) is 0 Å². The zero-order valence-corrected chi connectivity index (χ0v) is 11.0. The quantitative estimate of drug-likeness (QED) is 0.484. The average molecular weight is 242 g/mol. The van der Waals surface area contributed by atoms with E-state index in [0.717, 1.165) is 51.3 Å². The molecule has 0 bridgehead atoms. The van der Waals surface area contributed by atoms with E-state index in [0.29, 0.717) is 6.10 Å². The highest BCUT2D eigenvalue weighted by atomic mass is 16.6. The van der Waals surface area contributed by atoms with Crippen LogP contribution in [0.3, 0.4) is 0 Å². The molecule has 17 heavy (non-hydrogen) atoms. The van der Waals surface area contributed by atoms with E-state index in [9.17, 15) is 0 Å². The van der Waals surface area contributed by atoms with Crippen molar-refractivity contribution in [3.63, 3.8) is 0 Å². The van der Waals surface area contributed by atoms with Gasteiger partial charge in [-0.3, -0.25) is 0 Å². The molecule has 1 saturated carbocycles. The Morgan fingerprint density at radius 3 is 2.06 bits per heavy atom. The highest BCUT2D eigenvalue weighted by Gasteiger charge is 2.25. The van der Waals surface area contributed by atoms with Gasteiger partial charge in [-0.1, -0.05) is 6.92 Å². The first-order valence-corrected chi connectivity index (χ1v) is 7.15. The third kappa shape index (κ3) is 5.36. The standard InChI is InChI=1S/C14H26O3/c1-2-7-15-8-12-3-5-13(6-4-12)9-16-10-14-11-17-14/h12-14H,2-11H2,1H3/t12-,13+,14-/m1/s1. The van der Waals surface area contributed by atoms with E-state index >= 15 is 0 Å². The lowest BCUT2D eigenvalue weighted by Gasteiger charge is -2.28. The topological polar surface area (TPSA) is 31.0 Å². The largest absolute Gasteiger partial charge is 0.381 e. The molecule has 2 fully saturated rings. The number of hydrogen-bond donors (Lipinski definition) is 0. The number of epoxide rings is 1. The van der Waals surface area contributed by atoms with Crippen LogP contribution in [-0.4, -0.2) is 39.1 Å². The van der Waals surface area contributed by atoms with Gasteiger partial charge in [-0.2, -0.15) is 0 Å². The Morgan fingerprint density at radius 1 is 0.941 bits per heavy atom. The van der Waals surface area contributed by atoms with Gasteiger partial charge in [0.15, 0.2) is 0 Å². The Labute approximate surface area is 105 Å². The Morgan fingerprint density at radius 2 is 1.53 bits per heavy atom. The van der Waals surface area contributed by atoms with Gasteiger partial charge in [0.05, 0.1) is 13.2 Å².